The van der Waals surface area contributed by atoms with Gasteiger partial charge in [-0.1, -0.05) is 12.5 Å². The van der Waals surface area contributed by atoms with E-state index in [0.29, 0.717) is 24.9 Å². The van der Waals surface area contributed by atoms with Crippen LogP contribution in [0.3, 0.4) is 0 Å². The van der Waals surface area contributed by atoms with Crippen LogP contribution in [0.4, 0.5) is 0 Å². The lowest BCUT2D eigenvalue weighted by Crippen LogP contribution is -2.34. The van der Waals surface area contributed by atoms with Gasteiger partial charge in [0.15, 0.2) is 5.76 Å². The number of hydrogen-bond acceptors (Lipinski definition) is 4. The molecule has 1 amide bonds. The van der Waals surface area contributed by atoms with Gasteiger partial charge < -0.3 is 14.1 Å². The molecule has 2 aromatic rings. The van der Waals surface area contributed by atoms with Gasteiger partial charge in [0.05, 0.1) is 19.5 Å². The summed E-state index contributed by atoms with van der Waals surface area (Å²) in [6, 6.07) is 5.80. The number of rotatable bonds is 5. The van der Waals surface area contributed by atoms with Gasteiger partial charge in [0.2, 0.25) is 0 Å². The van der Waals surface area contributed by atoms with E-state index in [1.165, 1.54) is 12.8 Å². The van der Waals surface area contributed by atoms with Crippen LogP contribution in [0.25, 0.3) is 0 Å². The van der Waals surface area contributed by atoms with Crippen LogP contribution in [-0.2, 0) is 11.3 Å². The molecule has 0 unspecified atom stereocenters. The minimum atomic E-state index is 0.0172. The molecule has 0 bridgehead atoms. The first-order chi connectivity index (χ1) is 12.2. The molecule has 2 atom stereocenters. The molecule has 2 aliphatic rings. The second-order valence-electron chi connectivity index (χ2n) is 7.42. The second-order valence-corrected chi connectivity index (χ2v) is 7.42. The van der Waals surface area contributed by atoms with Crippen LogP contribution in [0.2, 0.25) is 0 Å². The lowest BCUT2D eigenvalue weighted by Gasteiger charge is -2.28. The van der Waals surface area contributed by atoms with Crippen molar-refractivity contribution >= 4 is 5.91 Å². The van der Waals surface area contributed by atoms with Crippen LogP contribution in [0, 0.1) is 18.3 Å². The van der Waals surface area contributed by atoms with Crippen molar-refractivity contribution in [2.45, 2.75) is 32.8 Å². The van der Waals surface area contributed by atoms with Crippen LogP contribution in [0.1, 0.15) is 40.9 Å². The third-order valence-electron chi connectivity index (χ3n) is 5.76. The van der Waals surface area contributed by atoms with Crippen LogP contribution in [0.5, 0.6) is 0 Å². The predicted octanol–water partition coefficient (Wildman–Crippen LogP) is 3.44. The van der Waals surface area contributed by atoms with Crippen molar-refractivity contribution in [1.82, 2.24) is 9.88 Å². The van der Waals surface area contributed by atoms with Crippen LogP contribution in [0.15, 0.2) is 41.3 Å². The predicted molar refractivity (Wildman–Crippen MR) is 93.0 cm³/mol. The Balaban J connectivity index is 1.42. The normalized spacial score (nSPS) is 25.3. The maximum absolute atomic E-state index is 12.8. The molecular formula is C20H24N2O3. The zero-order chi connectivity index (χ0) is 17.3. The number of carbonyl (C=O) groups excluding carboxylic acids is 1. The van der Waals surface area contributed by atoms with Crippen molar-refractivity contribution in [1.29, 1.82) is 0 Å². The van der Waals surface area contributed by atoms with Crippen LogP contribution in [-0.4, -0.2) is 35.5 Å². The fourth-order valence-corrected chi connectivity index (χ4v) is 4.40. The molecule has 0 radical (unpaired) electrons. The van der Waals surface area contributed by atoms with E-state index < -0.39 is 0 Å². The highest BCUT2D eigenvalue weighted by Crippen LogP contribution is 2.49. The highest BCUT2D eigenvalue weighted by Gasteiger charge is 2.51. The molecule has 4 rings (SSSR count). The summed E-state index contributed by atoms with van der Waals surface area (Å²) in [5.41, 5.74) is 2.09. The summed E-state index contributed by atoms with van der Waals surface area (Å²) in [6.07, 6.45) is 8.73. The summed E-state index contributed by atoms with van der Waals surface area (Å²) in [5.74, 6) is 1.02. The monoisotopic (exact) mass is 340 g/mol. The number of aryl methyl sites for hydroxylation is 1. The first-order valence-corrected chi connectivity index (χ1v) is 8.98. The van der Waals surface area contributed by atoms with Gasteiger partial charge in [-0.2, -0.15) is 0 Å². The van der Waals surface area contributed by atoms with E-state index in [-0.39, 0.29) is 11.3 Å². The third kappa shape index (κ3) is 3.09. The van der Waals surface area contributed by atoms with E-state index in [0.717, 1.165) is 30.6 Å². The number of pyridine rings is 1. The van der Waals surface area contributed by atoms with Gasteiger partial charge in [0.1, 0.15) is 0 Å². The number of hydrogen-bond donors (Lipinski definition) is 0. The molecule has 2 fully saturated rings. The quantitative estimate of drug-likeness (QED) is 0.837. The van der Waals surface area contributed by atoms with E-state index in [1.54, 1.807) is 12.5 Å². The van der Waals surface area contributed by atoms with Crippen molar-refractivity contribution in [2.24, 2.45) is 11.3 Å². The summed E-state index contributed by atoms with van der Waals surface area (Å²) >= 11 is 0. The van der Waals surface area contributed by atoms with E-state index >= 15 is 0 Å². The summed E-state index contributed by atoms with van der Waals surface area (Å²) < 4.78 is 11.5. The van der Waals surface area contributed by atoms with Crippen molar-refractivity contribution < 1.29 is 13.9 Å². The molecule has 0 N–H and O–H groups in total. The Morgan fingerprint density at radius 3 is 3.16 bits per heavy atom. The van der Waals surface area contributed by atoms with Gasteiger partial charge in [-0.3, -0.25) is 9.78 Å². The molecule has 1 aliphatic heterocycles. The van der Waals surface area contributed by atoms with Crippen LogP contribution < -0.4 is 0 Å². The van der Waals surface area contributed by atoms with Gasteiger partial charge in [-0.25, -0.2) is 0 Å². The second kappa shape index (κ2) is 6.64. The number of furan rings is 1. The number of aromatic nitrogens is 1. The lowest BCUT2D eigenvalue weighted by atomic mass is 9.81. The lowest BCUT2D eigenvalue weighted by molar-refractivity contribution is 0.0262. The number of fused-ring (bicyclic) bond motifs is 1. The number of amides is 1. The van der Waals surface area contributed by atoms with Gasteiger partial charge in [0.25, 0.3) is 5.91 Å². The smallest absolute Gasteiger partial charge is 0.289 e. The van der Waals surface area contributed by atoms with E-state index in [1.807, 2.05) is 36.2 Å². The fourth-order valence-electron chi connectivity index (χ4n) is 4.40. The van der Waals surface area contributed by atoms with E-state index in [9.17, 15) is 4.79 Å². The average molecular weight is 340 g/mol. The zero-order valence-corrected chi connectivity index (χ0v) is 14.6. The Bertz CT molecular complexity index is 742. The maximum atomic E-state index is 12.8. The highest BCUT2D eigenvalue weighted by atomic mass is 16.5. The van der Waals surface area contributed by atoms with Crippen molar-refractivity contribution in [3.63, 3.8) is 0 Å². The van der Waals surface area contributed by atoms with Crippen LogP contribution >= 0.6 is 0 Å². The Morgan fingerprint density at radius 2 is 2.40 bits per heavy atom. The summed E-state index contributed by atoms with van der Waals surface area (Å²) in [7, 11) is 0. The number of likely N-dealkylation sites (tertiary alicyclic amines) is 1. The SMILES string of the molecule is Cc1ccoc1C(=O)N1C[C@H]2CCC[C@@]2(COCc2cccnc2)C1. The molecule has 3 heterocycles. The third-order valence-corrected chi connectivity index (χ3v) is 5.76. The van der Waals surface area contributed by atoms with E-state index in [2.05, 4.69) is 4.98 Å². The van der Waals surface area contributed by atoms with Gasteiger partial charge in [-0.05, 0) is 43.4 Å². The number of nitrogens with zero attached hydrogens (tertiary/aromatic N) is 2. The topological polar surface area (TPSA) is 55.6 Å². The molecule has 5 heteroatoms. The molecule has 25 heavy (non-hydrogen) atoms. The molecule has 5 nitrogen and oxygen atoms in total. The molecule has 2 aromatic heterocycles. The zero-order valence-electron chi connectivity index (χ0n) is 14.6. The minimum absolute atomic E-state index is 0.0172. The first kappa shape index (κ1) is 16.3. The van der Waals surface area contributed by atoms with Crippen molar-refractivity contribution in [2.75, 3.05) is 19.7 Å². The summed E-state index contributed by atoms with van der Waals surface area (Å²) in [5, 5.41) is 0. The highest BCUT2D eigenvalue weighted by molar-refractivity contribution is 5.93. The maximum Gasteiger partial charge on any atom is 0.289 e. The van der Waals surface area contributed by atoms with E-state index in [4.69, 9.17) is 9.15 Å². The first-order valence-electron chi connectivity index (χ1n) is 8.98. The molecule has 1 saturated heterocycles. The Morgan fingerprint density at radius 1 is 1.48 bits per heavy atom. The van der Waals surface area contributed by atoms with Crippen molar-refractivity contribution in [3.05, 3.63) is 53.7 Å². The fraction of sp³-hybridized carbons (Fsp3) is 0.500. The average Bonchev–Trinajstić information content (AvgIpc) is 3.29. The minimum Gasteiger partial charge on any atom is -0.459 e. The molecule has 0 spiro atoms. The summed E-state index contributed by atoms with van der Waals surface area (Å²) in [4.78, 5) is 18.9. The van der Waals surface area contributed by atoms with Gasteiger partial charge >= 0.3 is 0 Å². The number of ether oxygens (including phenoxy) is 1. The Kier molecular flexibility index (Phi) is 4.34. The Labute approximate surface area is 148 Å². The van der Waals surface area contributed by atoms with Gasteiger partial charge in [0, 0.05) is 36.5 Å². The standard InChI is InChI=1S/C20H24N2O3/c1-15-6-9-25-18(15)19(23)22-11-17-5-2-7-20(17,13-22)14-24-12-16-4-3-8-21-10-16/h3-4,6,8-10,17H,2,5,7,11-14H2,1H3/t17-,20+/m1/s1. The number of carbonyl (C=O) groups is 1. The van der Waals surface area contributed by atoms with Gasteiger partial charge in [-0.15, -0.1) is 0 Å². The van der Waals surface area contributed by atoms with Crippen molar-refractivity contribution in [3.8, 4) is 0 Å². The largest absolute Gasteiger partial charge is 0.459 e. The molecule has 1 saturated carbocycles. The molecular weight excluding hydrogens is 316 g/mol. The molecule has 0 aromatic carbocycles. The summed E-state index contributed by atoms with van der Waals surface area (Å²) in [6.45, 7) is 4.78. The molecule has 132 valence electrons. The Hall–Kier alpha value is -2.14. The molecule has 1 aliphatic carbocycles.